The van der Waals surface area contributed by atoms with Crippen LogP contribution in [-0.2, 0) is 14.3 Å². The lowest BCUT2D eigenvalue weighted by molar-refractivity contribution is -0.145. The van der Waals surface area contributed by atoms with E-state index in [1.54, 1.807) is 7.11 Å². The van der Waals surface area contributed by atoms with Crippen LogP contribution in [0, 0.1) is 0 Å². The van der Waals surface area contributed by atoms with Crippen molar-refractivity contribution in [2.24, 2.45) is 0 Å². The summed E-state index contributed by atoms with van der Waals surface area (Å²) in [6.45, 7) is 1.67. The van der Waals surface area contributed by atoms with Crippen LogP contribution in [0.4, 0.5) is 0 Å². The number of nitrogens with zero attached hydrogens (tertiary/aromatic N) is 1. The number of ether oxygens (including phenoxy) is 2. The first-order valence-corrected chi connectivity index (χ1v) is 4.67. The van der Waals surface area contributed by atoms with E-state index in [9.17, 15) is 4.79 Å². The van der Waals surface area contributed by atoms with Crippen LogP contribution < -0.4 is 0 Å². The Labute approximate surface area is 83.6 Å². The Morgan fingerprint density at radius 3 is 2.79 bits per heavy atom. The Kier molecular flexibility index (Phi) is 4.31. The highest BCUT2D eigenvalue weighted by molar-refractivity contribution is 5.73. The van der Waals surface area contributed by atoms with Crippen LogP contribution in [-0.4, -0.2) is 62.0 Å². The summed E-state index contributed by atoms with van der Waals surface area (Å²) in [6, 6.07) is -0.542. The zero-order chi connectivity index (χ0) is 10.6. The van der Waals surface area contributed by atoms with E-state index in [1.165, 1.54) is 7.11 Å². The van der Waals surface area contributed by atoms with Crippen LogP contribution in [0.2, 0.25) is 0 Å². The number of methoxy groups -OCH3 is 2. The minimum atomic E-state index is -0.830. The zero-order valence-corrected chi connectivity index (χ0v) is 8.60. The average Bonchev–Trinajstić information content (AvgIpc) is 2.61. The molecule has 0 aromatic rings. The molecule has 14 heavy (non-hydrogen) atoms. The van der Waals surface area contributed by atoms with Gasteiger partial charge >= 0.3 is 5.97 Å². The van der Waals surface area contributed by atoms with Crippen LogP contribution >= 0.6 is 0 Å². The number of carboxylic acid groups (broad SMARTS) is 1. The monoisotopic (exact) mass is 203 g/mol. The van der Waals surface area contributed by atoms with Crippen LogP contribution in [0.3, 0.4) is 0 Å². The molecule has 1 N–H and O–H groups in total. The average molecular weight is 203 g/mol. The molecule has 1 fully saturated rings. The van der Waals surface area contributed by atoms with Crippen LogP contribution in [0.15, 0.2) is 0 Å². The molecule has 1 aliphatic heterocycles. The number of carboxylic acids is 1. The minimum Gasteiger partial charge on any atom is -0.480 e. The van der Waals surface area contributed by atoms with Crippen LogP contribution in [0.25, 0.3) is 0 Å². The van der Waals surface area contributed by atoms with E-state index in [-0.39, 0.29) is 12.7 Å². The molecule has 5 nitrogen and oxygen atoms in total. The van der Waals surface area contributed by atoms with E-state index in [0.29, 0.717) is 6.54 Å². The Morgan fingerprint density at radius 1 is 1.64 bits per heavy atom. The van der Waals surface area contributed by atoms with Gasteiger partial charge in [-0.3, -0.25) is 9.69 Å². The fraction of sp³-hybridized carbons (Fsp3) is 0.889. The molecule has 0 aromatic heterocycles. The van der Waals surface area contributed by atoms with Crippen molar-refractivity contribution in [1.82, 2.24) is 4.90 Å². The molecule has 0 amide bonds. The predicted molar refractivity (Wildman–Crippen MR) is 50.3 cm³/mol. The topological polar surface area (TPSA) is 59.0 Å². The van der Waals surface area contributed by atoms with Gasteiger partial charge in [-0.05, 0) is 6.42 Å². The van der Waals surface area contributed by atoms with Gasteiger partial charge in [0.15, 0.2) is 0 Å². The first kappa shape index (κ1) is 11.4. The Morgan fingerprint density at radius 2 is 2.36 bits per heavy atom. The smallest absolute Gasteiger partial charge is 0.323 e. The fourth-order valence-corrected chi connectivity index (χ4v) is 1.72. The van der Waals surface area contributed by atoms with Gasteiger partial charge in [0.1, 0.15) is 6.04 Å². The molecule has 1 saturated heterocycles. The van der Waals surface area contributed by atoms with Gasteiger partial charge in [-0.25, -0.2) is 0 Å². The summed E-state index contributed by atoms with van der Waals surface area (Å²) in [6.07, 6.45) is 1.05. The van der Waals surface area contributed by atoms with Gasteiger partial charge in [-0.15, -0.1) is 0 Å². The lowest BCUT2D eigenvalue weighted by Crippen LogP contribution is -2.43. The summed E-state index contributed by atoms with van der Waals surface area (Å²) in [4.78, 5) is 12.8. The van der Waals surface area contributed by atoms with Gasteiger partial charge in [0.25, 0.3) is 0 Å². The highest BCUT2D eigenvalue weighted by Crippen LogP contribution is 2.15. The summed E-state index contributed by atoms with van der Waals surface area (Å²) in [5.41, 5.74) is 0. The van der Waals surface area contributed by atoms with Crippen molar-refractivity contribution in [1.29, 1.82) is 0 Å². The van der Waals surface area contributed by atoms with E-state index < -0.39 is 12.0 Å². The molecular formula is C9H17NO4. The van der Waals surface area contributed by atoms with Gasteiger partial charge in [-0.1, -0.05) is 0 Å². The van der Waals surface area contributed by atoms with Crippen LogP contribution in [0.1, 0.15) is 6.42 Å². The third-order valence-corrected chi connectivity index (χ3v) is 2.56. The molecule has 2 atom stereocenters. The van der Waals surface area contributed by atoms with Crippen molar-refractivity contribution in [3.63, 3.8) is 0 Å². The summed E-state index contributed by atoms with van der Waals surface area (Å²) >= 11 is 0. The fourth-order valence-electron chi connectivity index (χ4n) is 1.72. The maximum atomic E-state index is 10.9. The Balaban J connectivity index is 2.48. The molecule has 5 heteroatoms. The first-order chi connectivity index (χ1) is 6.69. The second-order valence-electron chi connectivity index (χ2n) is 3.45. The quantitative estimate of drug-likeness (QED) is 0.671. The number of rotatable bonds is 5. The molecule has 0 aliphatic carbocycles. The van der Waals surface area contributed by atoms with Gasteiger partial charge < -0.3 is 14.6 Å². The Bertz CT molecular complexity index is 197. The molecule has 1 aliphatic rings. The summed E-state index contributed by atoms with van der Waals surface area (Å²) in [5, 5.41) is 8.96. The molecule has 0 spiro atoms. The first-order valence-electron chi connectivity index (χ1n) is 4.67. The van der Waals surface area contributed by atoms with Gasteiger partial charge in [-0.2, -0.15) is 0 Å². The van der Waals surface area contributed by atoms with Gasteiger partial charge in [0.2, 0.25) is 0 Å². The molecular weight excluding hydrogens is 186 g/mol. The number of hydrogen-bond donors (Lipinski definition) is 1. The highest BCUT2D eigenvalue weighted by Gasteiger charge is 2.32. The van der Waals surface area contributed by atoms with Crippen molar-refractivity contribution < 1.29 is 19.4 Å². The number of aliphatic carboxylic acids is 1. The summed E-state index contributed by atoms with van der Waals surface area (Å²) in [7, 11) is 3.17. The van der Waals surface area contributed by atoms with Crippen molar-refractivity contribution in [3.05, 3.63) is 0 Å². The lowest BCUT2D eigenvalue weighted by Gasteiger charge is -2.23. The Hall–Kier alpha value is -0.650. The maximum Gasteiger partial charge on any atom is 0.323 e. The predicted octanol–water partition coefficient (Wildman–Crippen LogP) is -0.193. The van der Waals surface area contributed by atoms with Crippen molar-refractivity contribution in [3.8, 4) is 0 Å². The second kappa shape index (κ2) is 5.29. The third-order valence-electron chi connectivity index (χ3n) is 2.56. The number of hydrogen-bond acceptors (Lipinski definition) is 4. The molecule has 0 bridgehead atoms. The van der Waals surface area contributed by atoms with E-state index in [1.807, 2.05) is 4.90 Å². The van der Waals surface area contributed by atoms with Crippen molar-refractivity contribution in [2.45, 2.75) is 18.6 Å². The van der Waals surface area contributed by atoms with E-state index in [0.717, 1.165) is 13.0 Å². The molecule has 0 saturated carbocycles. The van der Waals surface area contributed by atoms with E-state index >= 15 is 0 Å². The number of likely N-dealkylation sites (tertiary alicyclic amines) is 1. The minimum absolute atomic E-state index is 0.161. The third kappa shape index (κ3) is 2.67. The molecule has 1 heterocycles. The second-order valence-corrected chi connectivity index (χ2v) is 3.45. The number of carbonyl (C=O) groups is 1. The summed E-state index contributed by atoms with van der Waals surface area (Å²) in [5.74, 6) is -0.830. The SMILES string of the molecule is COCC(C(=O)O)N1CCC(OC)C1. The standard InChI is InChI=1S/C9H17NO4/c1-13-6-8(9(11)12)10-4-3-7(5-10)14-2/h7-8H,3-6H2,1-2H3,(H,11,12). The summed E-state index contributed by atoms with van der Waals surface area (Å²) < 4.78 is 10.1. The molecule has 82 valence electrons. The highest BCUT2D eigenvalue weighted by atomic mass is 16.5. The van der Waals surface area contributed by atoms with Gasteiger partial charge in [0, 0.05) is 27.3 Å². The maximum absolute atomic E-state index is 10.9. The van der Waals surface area contributed by atoms with E-state index in [2.05, 4.69) is 0 Å². The molecule has 1 rings (SSSR count). The van der Waals surface area contributed by atoms with Crippen LogP contribution in [0.5, 0.6) is 0 Å². The molecule has 0 aromatic carbocycles. The lowest BCUT2D eigenvalue weighted by atomic mass is 10.3. The molecule has 0 radical (unpaired) electrons. The normalized spacial score (nSPS) is 25.1. The molecule has 2 unspecified atom stereocenters. The van der Waals surface area contributed by atoms with Crippen molar-refractivity contribution >= 4 is 5.97 Å². The zero-order valence-electron chi connectivity index (χ0n) is 8.60. The van der Waals surface area contributed by atoms with Crippen molar-refractivity contribution in [2.75, 3.05) is 33.9 Å². The van der Waals surface area contributed by atoms with E-state index in [4.69, 9.17) is 14.6 Å². The largest absolute Gasteiger partial charge is 0.480 e. The van der Waals surface area contributed by atoms with Gasteiger partial charge in [0.05, 0.1) is 12.7 Å².